The smallest absolute Gasteiger partial charge is 0.417 e. The summed E-state index contributed by atoms with van der Waals surface area (Å²) >= 11 is 0. The molecule has 1 amide bonds. The minimum absolute atomic E-state index is 0.0158. The summed E-state index contributed by atoms with van der Waals surface area (Å²) in [5, 5.41) is 9.11. The Morgan fingerprint density at radius 2 is 1.87 bits per heavy atom. The van der Waals surface area contributed by atoms with E-state index in [-0.39, 0.29) is 41.0 Å². The maximum Gasteiger partial charge on any atom is 0.417 e. The fourth-order valence-corrected chi connectivity index (χ4v) is 4.98. The molecule has 10 nitrogen and oxygen atoms in total. The molecule has 0 radical (unpaired) electrons. The van der Waals surface area contributed by atoms with Gasteiger partial charge in [0.2, 0.25) is 11.8 Å². The maximum atomic E-state index is 16.4. The Hall–Kier alpha value is -4.01. The maximum absolute atomic E-state index is 16.4. The van der Waals surface area contributed by atoms with E-state index < -0.39 is 57.5 Å². The Morgan fingerprint density at radius 3 is 2.51 bits per heavy atom. The summed E-state index contributed by atoms with van der Waals surface area (Å²) in [6.07, 6.45) is -3.47. The van der Waals surface area contributed by atoms with Gasteiger partial charge in [0.1, 0.15) is 28.2 Å². The number of aromatic nitrogens is 3. The van der Waals surface area contributed by atoms with Crippen molar-refractivity contribution in [3.05, 3.63) is 28.8 Å². The van der Waals surface area contributed by atoms with Crippen molar-refractivity contribution in [2.45, 2.75) is 66.2 Å². The predicted octanol–water partition coefficient (Wildman–Crippen LogP) is 5.37. The van der Waals surface area contributed by atoms with Crippen molar-refractivity contribution in [2.75, 3.05) is 43.8 Å². The molecule has 0 saturated heterocycles. The topological polar surface area (TPSA) is 136 Å². The zero-order valence-electron chi connectivity index (χ0n) is 25.8. The molecule has 1 atom stereocenters. The van der Waals surface area contributed by atoms with Gasteiger partial charge < -0.3 is 31.2 Å². The number of amides is 1. The summed E-state index contributed by atoms with van der Waals surface area (Å²) in [4.78, 5) is 24.3. The molecule has 3 aromatic rings. The van der Waals surface area contributed by atoms with Crippen molar-refractivity contribution in [1.82, 2.24) is 25.6 Å². The summed E-state index contributed by atoms with van der Waals surface area (Å²) in [6, 6.07) is 0.484. The number of hydrogen-bond donors (Lipinski definition) is 4. The first kappa shape index (κ1) is 33.9. The van der Waals surface area contributed by atoms with E-state index in [2.05, 4.69) is 30.9 Å². The van der Waals surface area contributed by atoms with Crippen LogP contribution in [0.2, 0.25) is 0 Å². The summed E-state index contributed by atoms with van der Waals surface area (Å²) in [6.45, 7) is 10.0. The van der Waals surface area contributed by atoms with E-state index >= 15 is 4.39 Å². The summed E-state index contributed by atoms with van der Waals surface area (Å²) < 4.78 is 85.6. The van der Waals surface area contributed by atoms with Crippen LogP contribution in [0, 0.1) is 24.0 Å². The molecular weight excluding hydrogens is 601 g/mol. The van der Waals surface area contributed by atoms with Gasteiger partial charge in [0, 0.05) is 37.5 Å². The first-order valence-corrected chi connectivity index (χ1v) is 14.9. The SMILES string of the molecule is CC.CC(=O)NCC1(COc2nc3c4c(nc(-c5cc(N)c(F)c(C)c5C(F)(F)F)c(F)c4n2)OC(C)CCNCCN3)CC1. The number of nitrogens with two attached hydrogens (primary N) is 1. The van der Waals surface area contributed by atoms with Gasteiger partial charge in [-0.25, -0.2) is 13.8 Å². The van der Waals surface area contributed by atoms with Gasteiger partial charge in [-0.1, -0.05) is 13.8 Å². The van der Waals surface area contributed by atoms with Gasteiger partial charge in [0.15, 0.2) is 5.82 Å². The Balaban J connectivity index is 0.00000226. The molecule has 0 spiro atoms. The lowest BCUT2D eigenvalue weighted by Crippen LogP contribution is -2.31. The zero-order chi connectivity index (χ0) is 33.1. The van der Waals surface area contributed by atoms with Crippen LogP contribution in [0.25, 0.3) is 22.2 Å². The summed E-state index contributed by atoms with van der Waals surface area (Å²) in [7, 11) is 0. The van der Waals surface area contributed by atoms with E-state index in [0.29, 0.717) is 38.7 Å². The molecule has 0 bridgehead atoms. The average molecular weight is 640 g/mol. The molecule has 1 unspecified atom stereocenters. The van der Waals surface area contributed by atoms with Crippen LogP contribution in [0.3, 0.4) is 0 Å². The van der Waals surface area contributed by atoms with Crippen LogP contribution in [-0.2, 0) is 11.0 Å². The molecule has 5 N–H and O–H groups in total. The van der Waals surface area contributed by atoms with Gasteiger partial charge in [-0.2, -0.15) is 23.1 Å². The second-order valence-corrected chi connectivity index (χ2v) is 11.1. The van der Waals surface area contributed by atoms with Gasteiger partial charge in [0.25, 0.3) is 0 Å². The van der Waals surface area contributed by atoms with Gasteiger partial charge in [-0.15, -0.1) is 0 Å². The zero-order valence-corrected chi connectivity index (χ0v) is 25.8. The van der Waals surface area contributed by atoms with Crippen LogP contribution in [0.4, 0.5) is 33.5 Å². The van der Waals surface area contributed by atoms with E-state index in [1.807, 2.05) is 13.8 Å². The molecule has 1 aliphatic carbocycles. The lowest BCUT2D eigenvalue weighted by Gasteiger charge is -2.21. The number of nitrogens with one attached hydrogen (secondary N) is 3. The van der Waals surface area contributed by atoms with E-state index in [1.54, 1.807) is 6.92 Å². The van der Waals surface area contributed by atoms with Crippen molar-refractivity contribution in [1.29, 1.82) is 0 Å². The Kier molecular flexibility index (Phi) is 10.2. The highest BCUT2D eigenvalue weighted by Crippen LogP contribution is 2.46. The van der Waals surface area contributed by atoms with Crippen LogP contribution in [-0.4, -0.2) is 59.7 Å². The van der Waals surface area contributed by atoms with Crippen molar-refractivity contribution in [3.8, 4) is 23.1 Å². The number of benzene rings is 1. The largest absolute Gasteiger partial charge is 0.474 e. The first-order valence-electron chi connectivity index (χ1n) is 14.9. The molecule has 246 valence electrons. The minimum Gasteiger partial charge on any atom is -0.474 e. The monoisotopic (exact) mass is 639 g/mol. The second-order valence-electron chi connectivity index (χ2n) is 11.1. The number of pyridine rings is 1. The number of nitrogen functional groups attached to an aromatic ring is 1. The standard InChI is InChI=1S/C28H32F5N7O3.C2H6/c1-13-4-7-35-8-9-36-24-18-23(39-26(40-24)42-12-27(5-6-27)11-37-15(3)41)21(30)22(38-25(18)43-13)16-10-17(34)20(29)14(2)19(16)28(31,32)33;1-2/h10,13,35H,4-9,11-12,34H2,1-3H3,(H,37,41)(H,36,39,40);1-2H3. The number of hydrogen-bond acceptors (Lipinski definition) is 9. The van der Waals surface area contributed by atoms with Crippen LogP contribution >= 0.6 is 0 Å². The summed E-state index contributed by atoms with van der Waals surface area (Å²) in [5.74, 6) is -2.75. The normalized spacial score (nSPS) is 17.6. The highest BCUT2D eigenvalue weighted by atomic mass is 19.4. The number of rotatable bonds is 6. The molecule has 1 saturated carbocycles. The third-order valence-electron chi connectivity index (χ3n) is 7.61. The lowest BCUT2D eigenvalue weighted by atomic mass is 9.96. The molecule has 1 aliphatic heterocycles. The Labute approximate surface area is 257 Å². The van der Waals surface area contributed by atoms with E-state index in [0.717, 1.165) is 19.8 Å². The Bertz CT molecular complexity index is 1560. The molecule has 1 aromatic carbocycles. The molecule has 2 aromatic heterocycles. The Morgan fingerprint density at radius 1 is 1.16 bits per heavy atom. The molecule has 2 aliphatic rings. The van der Waals surface area contributed by atoms with Gasteiger partial charge in [-0.3, -0.25) is 4.79 Å². The number of carbonyl (C=O) groups excluding carboxylic acids is 1. The second kappa shape index (κ2) is 13.5. The van der Waals surface area contributed by atoms with Crippen LogP contribution < -0.4 is 31.2 Å². The first-order chi connectivity index (χ1) is 21.3. The highest BCUT2D eigenvalue weighted by molar-refractivity contribution is 5.96. The predicted molar refractivity (Wildman–Crippen MR) is 160 cm³/mol. The van der Waals surface area contributed by atoms with Gasteiger partial charge in [0.05, 0.1) is 24.0 Å². The van der Waals surface area contributed by atoms with Crippen molar-refractivity contribution >= 4 is 28.3 Å². The number of alkyl halides is 3. The number of ether oxygens (including phenoxy) is 2. The fourth-order valence-electron chi connectivity index (χ4n) is 4.98. The minimum atomic E-state index is -5.06. The molecule has 45 heavy (non-hydrogen) atoms. The van der Waals surface area contributed by atoms with E-state index in [4.69, 9.17) is 15.2 Å². The highest BCUT2D eigenvalue weighted by Gasteiger charge is 2.44. The van der Waals surface area contributed by atoms with Crippen molar-refractivity contribution in [2.24, 2.45) is 5.41 Å². The lowest BCUT2D eigenvalue weighted by molar-refractivity contribution is -0.137. The van der Waals surface area contributed by atoms with Crippen LogP contribution in [0.15, 0.2) is 6.07 Å². The summed E-state index contributed by atoms with van der Waals surface area (Å²) in [5.41, 5.74) is 0.652. The quantitative estimate of drug-likeness (QED) is 0.207. The molecule has 3 heterocycles. The van der Waals surface area contributed by atoms with Gasteiger partial charge >= 0.3 is 12.2 Å². The molecular formula is C30H38F5N7O3. The van der Waals surface area contributed by atoms with E-state index in [9.17, 15) is 22.4 Å². The number of carbonyl (C=O) groups is 1. The molecule has 1 fully saturated rings. The number of anilines is 2. The van der Waals surface area contributed by atoms with Crippen LogP contribution in [0.5, 0.6) is 11.9 Å². The molecule has 5 rings (SSSR count). The average Bonchev–Trinajstić information content (AvgIpc) is 3.77. The van der Waals surface area contributed by atoms with Crippen molar-refractivity contribution in [3.63, 3.8) is 0 Å². The van der Waals surface area contributed by atoms with Crippen molar-refractivity contribution < 1.29 is 36.2 Å². The van der Waals surface area contributed by atoms with Crippen LogP contribution in [0.1, 0.15) is 58.1 Å². The third-order valence-corrected chi connectivity index (χ3v) is 7.61. The number of halogens is 5. The molecule has 15 heteroatoms. The number of nitrogens with zero attached hydrogens (tertiary/aromatic N) is 3. The van der Waals surface area contributed by atoms with Gasteiger partial charge in [-0.05, 0) is 51.3 Å². The van der Waals surface area contributed by atoms with E-state index in [1.165, 1.54) is 6.92 Å². The fraction of sp³-hybridized carbons (Fsp3) is 0.533. The third kappa shape index (κ3) is 7.45.